The van der Waals surface area contributed by atoms with Crippen LogP contribution in [0.5, 0.6) is 0 Å². The highest BCUT2D eigenvalue weighted by Crippen LogP contribution is 2.40. The number of rotatable bonds is 2. The highest BCUT2D eigenvalue weighted by molar-refractivity contribution is 5.07. The lowest BCUT2D eigenvalue weighted by Gasteiger charge is -2.39. The fourth-order valence-corrected chi connectivity index (χ4v) is 4.53. The molecule has 104 valence electrons. The first kappa shape index (κ1) is 14.1. The van der Waals surface area contributed by atoms with E-state index < -0.39 is 0 Å². The number of hydrogen-bond acceptors (Lipinski definition) is 1. The van der Waals surface area contributed by atoms with E-state index in [2.05, 4.69) is 33.8 Å². The zero-order chi connectivity index (χ0) is 13.3. The molecule has 0 spiro atoms. The summed E-state index contributed by atoms with van der Waals surface area (Å²) in [4.78, 5) is 0. The predicted octanol–water partition coefficient (Wildman–Crippen LogP) is 4.41. The Kier molecular flexibility index (Phi) is 4.53. The van der Waals surface area contributed by atoms with Gasteiger partial charge in [-0.3, -0.25) is 0 Å². The van der Waals surface area contributed by atoms with E-state index in [1.807, 2.05) is 0 Å². The maximum Gasteiger partial charge on any atom is 0.0600 e. The molecule has 0 aromatic carbocycles. The Labute approximate surface area is 113 Å². The van der Waals surface area contributed by atoms with E-state index in [0.29, 0.717) is 17.8 Å². The van der Waals surface area contributed by atoms with Gasteiger partial charge in [0, 0.05) is 0 Å². The topological polar surface area (TPSA) is 20.2 Å². The Bertz CT molecular complexity index is 297. The van der Waals surface area contributed by atoms with Crippen LogP contribution < -0.4 is 0 Å². The molecular weight excluding hydrogens is 220 g/mol. The molecule has 5 atom stereocenters. The van der Waals surface area contributed by atoms with Crippen LogP contribution in [0, 0.1) is 29.6 Å². The van der Waals surface area contributed by atoms with Gasteiger partial charge in [-0.1, -0.05) is 32.4 Å². The van der Waals surface area contributed by atoms with Crippen molar-refractivity contribution in [1.82, 2.24) is 0 Å². The normalized spacial score (nSPS) is 43.4. The van der Waals surface area contributed by atoms with E-state index in [-0.39, 0.29) is 6.10 Å². The van der Waals surface area contributed by atoms with Gasteiger partial charge < -0.3 is 5.11 Å². The van der Waals surface area contributed by atoms with Gasteiger partial charge in [0.2, 0.25) is 0 Å². The third-order valence-electron chi connectivity index (χ3n) is 5.01. The first-order chi connectivity index (χ1) is 8.45. The number of aliphatic hydroxyl groups excluding tert-OH is 1. The van der Waals surface area contributed by atoms with Crippen LogP contribution in [0.4, 0.5) is 0 Å². The van der Waals surface area contributed by atoms with Gasteiger partial charge in [0.25, 0.3) is 0 Å². The van der Waals surface area contributed by atoms with Crippen LogP contribution in [0.25, 0.3) is 0 Å². The smallest absolute Gasteiger partial charge is 0.0600 e. The zero-order valence-electron chi connectivity index (χ0n) is 12.5. The fourth-order valence-electron chi connectivity index (χ4n) is 4.53. The molecule has 0 amide bonds. The van der Waals surface area contributed by atoms with Crippen LogP contribution in [0.15, 0.2) is 11.6 Å². The predicted molar refractivity (Wildman–Crippen MR) is 77.3 cm³/mol. The minimum absolute atomic E-state index is 0.0682. The van der Waals surface area contributed by atoms with Crippen LogP contribution in [0.1, 0.15) is 59.8 Å². The van der Waals surface area contributed by atoms with Gasteiger partial charge >= 0.3 is 0 Å². The molecule has 1 saturated carbocycles. The van der Waals surface area contributed by atoms with Gasteiger partial charge in [-0.25, -0.2) is 0 Å². The average Bonchev–Trinajstić information content (AvgIpc) is 2.25. The number of hydrogen-bond donors (Lipinski definition) is 1. The Morgan fingerprint density at radius 3 is 2.17 bits per heavy atom. The van der Waals surface area contributed by atoms with E-state index in [9.17, 15) is 5.11 Å². The Morgan fingerprint density at radius 1 is 1.00 bits per heavy atom. The Balaban J connectivity index is 1.98. The molecule has 0 saturated heterocycles. The highest BCUT2D eigenvalue weighted by atomic mass is 16.3. The van der Waals surface area contributed by atoms with Crippen LogP contribution in [0.2, 0.25) is 0 Å². The van der Waals surface area contributed by atoms with E-state index in [0.717, 1.165) is 18.3 Å². The van der Waals surface area contributed by atoms with Gasteiger partial charge in [0.1, 0.15) is 0 Å². The van der Waals surface area contributed by atoms with E-state index in [4.69, 9.17) is 0 Å². The summed E-state index contributed by atoms with van der Waals surface area (Å²) in [6, 6.07) is 0. The molecule has 2 aliphatic rings. The van der Waals surface area contributed by atoms with Crippen LogP contribution in [0.3, 0.4) is 0 Å². The molecule has 1 N–H and O–H groups in total. The molecule has 0 aromatic rings. The monoisotopic (exact) mass is 250 g/mol. The van der Waals surface area contributed by atoms with E-state index in [1.54, 1.807) is 0 Å². The molecule has 5 unspecified atom stereocenters. The van der Waals surface area contributed by atoms with Crippen LogP contribution in [-0.4, -0.2) is 11.2 Å². The largest absolute Gasteiger partial charge is 0.393 e. The third-order valence-corrected chi connectivity index (χ3v) is 5.01. The quantitative estimate of drug-likeness (QED) is 0.720. The lowest BCUT2D eigenvalue weighted by Crippen LogP contribution is -2.36. The summed E-state index contributed by atoms with van der Waals surface area (Å²) in [7, 11) is 0. The summed E-state index contributed by atoms with van der Waals surface area (Å²) >= 11 is 0. The Hall–Kier alpha value is -0.300. The van der Waals surface area contributed by atoms with Crippen molar-refractivity contribution in [3.8, 4) is 0 Å². The highest BCUT2D eigenvalue weighted by Gasteiger charge is 2.34. The van der Waals surface area contributed by atoms with Crippen molar-refractivity contribution in [1.29, 1.82) is 0 Å². The van der Waals surface area contributed by atoms with Crippen molar-refractivity contribution in [2.24, 2.45) is 29.6 Å². The van der Waals surface area contributed by atoms with Crippen molar-refractivity contribution in [3.63, 3.8) is 0 Å². The van der Waals surface area contributed by atoms with Gasteiger partial charge in [-0.05, 0) is 68.6 Å². The lowest BCUT2D eigenvalue weighted by atomic mass is 9.69. The minimum atomic E-state index is -0.0682. The minimum Gasteiger partial charge on any atom is -0.393 e. The molecule has 1 fully saturated rings. The summed E-state index contributed by atoms with van der Waals surface area (Å²) < 4.78 is 0. The summed E-state index contributed by atoms with van der Waals surface area (Å²) in [5.41, 5.74) is 1.48. The van der Waals surface area contributed by atoms with Crippen molar-refractivity contribution in [2.45, 2.75) is 65.9 Å². The van der Waals surface area contributed by atoms with Gasteiger partial charge in [-0.2, -0.15) is 0 Å². The maximum absolute atomic E-state index is 10.7. The second kappa shape index (κ2) is 5.77. The summed E-state index contributed by atoms with van der Waals surface area (Å²) in [5.74, 6) is 3.30. The van der Waals surface area contributed by atoms with E-state index >= 15 is 0 Å². The summed E-state index contributed by atoms with van der Waals surface area (Å²) in [6.45, 7) is 9.21. The van der Waals surface area contributed by atoms with Crippen LogP contribution >= 0.6 is 0 Å². The van der Waals surface area contributed by atoms with Crippen molar-refractivity contribution in [2.75, 3.05) is 0 Å². The molecule has 0 bridgehead atoms. The Morgan fingerprint density at radius 2 is 1.61 bits per heavy atom. The second-order valence-electron chi connectivity index (χ2n) is 7.36. The summed E-state index contributed by atoms with van der Waals surface area (Å²) in [6.07, 6.45) is 8.43. The molecule has 0 aliphatic heterocycles. The summed E-state index contributed by atoms with van der Waals surface area (Å²) in [5, 5.41) is 10.7. The molecule has 0 aromatic heterocycles. The first-order valence-corrected chi connectivity index (χ1v) is 7.81. The first-order valence-electron chi connectivity index (χ1n) is 7.81. The molecule has 18 heavy (non-hydrogen) atoms. The maximum atomic E-state index is 10.7. The fraction of sp³-hybridized carbons (Fsp3) is 0.882. The standard InChI is InChI=1S/C17H30O/c1-11-5-12(2)8-15(7-11)17(18)16-9-13(3)6-14(4)10-16/h5,11,13-18H,6-10H2,1-4H3. The molecule has 0 heterocycles. The second-order valence-corrected chi connectivity index (χ2v) is 7.36. The average molecular weight is 250 g/mol. The van der Waals surface area contributed by atoms with Gasteiger partial charge in [0.05, 0.1) is 6.10 Å². The molecule has 2 aliphatic carbocycles. The third kappa shape index (κ3) is 3.38. The molecule has 0 radical (unpaired) electrons. The van der Waals surface area contributed by atoms with Crippen molar-refractivity contribution < 1.29 is 5.11 Å². The van der Waals surface area contributed by atoms with Crippen molar-refractivity contribution >= 4 is 0 Å². The molecule has 2 rings (SSSR count). The lowest BCUT2D eigenvalue weighted by molar-refractivity contribution is 0.00521. The number of aliphatic hydroxyl groups is 1. The van der Waals surface area contributed by atoms with Gasteiger partial charge in [-0.15, -0.1) is 0 Å². The molecule has 1 nitrogen and oxygen atoms in total. The molecule has 1 heteroatoms. The van der Waals surface area contributed by atoms with Gasteiger partial charge in [0.15, 0.2) is 0 Å². The number of allylic oxidation sites excluding steroid dienone is 2. The molecular formula is C17H30O. The van der Waals surface area contributed by atoms with Crippen LogP contribution in [-0.2, 0) is 0 Å². The zero-order valence-corrected chi connectivity index (χ0v) is 12.5. The van der Waals surface area contributed by atoms with E-state index in [1.165, 1.54) is 31.3 Å². The van der Waals surface area contributed by atoms with Crippen molar-refractivity contribution in [3.05, 3.63) is 11.6 Å². The SMILES string of the molecule is CC1=CC(C)CC(C(O)C2CC(C)CC(C)C2)C1.